The number of carbonyl (C=O) groups is 1. The van der Waals surface area contributed by atoms with Gasteiger partial charge in [-0.1, -0.05) is 0 Å². The highest BCUT2D eigenvalue weighted by molar-refractivity contribution is 7.89. The number of amides is 1. The molecule has 1 atom stereocenters. The first-order chi connectivity index (χ1) is 15.0. The third-order valence-electron chi connectivity index (χ3n) is 6.42. The van der Waals surface area contributed by atoms with E-state index in [1.165, 1.54) is 16.4 Å². The van der Waals surface area contributed by atoms with E-state index >= 15 is 0 Å². The summed E-state index contributed by atoms with van der Waals surface area (Å²) in [5, 5.41) is 8.72. The molecule has 0 unspecified atom stereocenters. The van der Waals surface area contributed by atoms with Crippen molar-refractivity contribution >= 4 is 15.9 Å². The second-order valence-corrected chi connectivity index (χ2v) is 10.3. The summed E-state index contributed by atoms with van der Waals surface area (Å²) in [6.07, 6.45) is 4.00. The van der Waals surface area contributed by atoms with E-state index in [9.17, 15) is 13.2 Å². The first-order valence-electron chi connectivity index (χ1n) is 10.9. The number of nitrogens with zero attached hydrogens (tertiary/aromatic N) is 5. The molecule has 2 aromatic rings. The number of aryl methyl sites for hydroxylation is 1. The van der Waals surface area contributed by atoms with Crippen LogP contribution in [0.5, 0.6) is 0 Å². The van der Waals surface area contributed by atoms with E-state index in [-0.39, 0.29) is 16.7 Å². The zero-order valence-electron chi connectivity index (χ0n) is 17.4. The fraction of sp³-hybridized carbons (Fsp3) is 0.571. The zero-order chi connectivity index (χ0) is 21.4. The summed E-state index contributed by atoms with van der Waals surface area (Å²) < 4.78 is 34.5. The predicted octanol–water partition coefficient (Wildman–Crippen LogP) is 1.26. The van der Waals surface area contributed by atoms with Gasteiger partial charge in [-0.3, -0.25) is 4.79 Å². The molecule has 3 aliphatic heterocycles. The van der Waals surface area contributed by atoms with Crippen molar-refractivity contribution in [1.29, 1.82) is 0 Å². The van der Waals surface area contributed by atoms with E-state index in [1.807, 2.05) is 4.90 Å². The highest BCUT2D eigenvalue weighted by Gasteiger charge is 2.31. The maximum absolute atomic E-state index is 13.1. The molecule has 1 aromatic heterocycles. The molecule has 1 amide bonds. The quantitative estimate of drug-likeness (QED) is 0.703. The van der Waals surface area contributed by atoms with E-state index in [1.54, 1.807) is 12.1 Å². The van der Waals surface area contributed by atoms with E-state index in [2.05, 4.69) is 14.8 Å². The minimum atomic E-state index is -3.56. The fourth-order valence-electron chi connectivity index (χ4n) is 4.74. The standard InChI is InChI=1S/C21H27N5O4S/c27-21(16-5-7-18(8-6-16)31(28,29)25-11-13-30-14-12-25)24-9-1-3-17(15-24)20-23-22-19-4-2-10-26(19)20/h5-8,17H,1-4,9-15H2/t17-/m1/s1. The van der Waals surface area contributed by atoms with Crippen molar-refractivity contribution < 1.29 is 17.9 Å². The average Bonchev–Trinajstić information content (AvgIpc) is 3.43. The van der Waals surface area contributed by atoms with Crippen LogP contribution in [0.4, 0.5) is 0 Å². The average molecular weight is 446 g/mol. The van der Waals surface area contributed by atoms with Crippen LogP contribution in [0.3, 0.4) is 0 Å². The van der Waals surface area contributed by atoms with E-state index < -0.39 is 10.0 Å². The molecule has 1 aromatic carbocycles. The van der Waals surface area contributed by atoms with Crippen molar-refractivity contribution in [3.05, 3.63) is 41.5 Å². The second-order valence-electron chi connectivity index (χ2n) is 8.36. The lowest BCUT2D eigenvalue weighted by Gasteiger charge is -2.32. The zero-order valence-corrected chi connectivity index (χ0v) is 18.3. The van der Waals surface area contributed by atoms with E-state index in [4.69, 9.17) is 4.74 Å². The number of piperidine rings is 1. The molecule has 31 heavy (non-hydrogen) atoms. The van der Waals surface area contributed by atoms with Gasteiger partial charge in [0.2, 0.25) is 10.0 Å². The molecular weight excluding hydrogens is 418 g/mol. The van der Waals surface area contributed by atoms with Gasteiger partial charge in [0.15, 0.2) is 0 Å². The largest absolute Gasteiger partial charge is 0.379 e. The molecule has 3 aliphatic rings. The molecule has 2 saturated heterocycles. The highest BCUT2D eigenvalue weighted by Crippen LogP contribution is 2.29. The van der Waals surface area contributed by atoms with Crippen molar-refractivity contribution in [2.45, 2.75) is 43.0 Å². The predicted molar refractivity (Wildman–Crippen MR) is 112 cm³/mol. The Hall–Kier alpha value is -2.30. The minimum Gasteiger partial charge on any atom is -0.379 e. The minimum absolute atomic E-state index is 0.0684. The van der Waals surface area contributed by atoms with E-state index in [0.29, 0.717) is 45.0 Å². The number of hydrogen-bond donors (Lipinski definition) is 0. The second kappa shape index (κ2) is 8.33. The van der Waals surface area contributed by atoms with Crippen molar-refractivity contribution in [2.24, 2.45) is 0 Å². The summed E-state index contributed by atoms with van der Waals surface area (Å²) in [5.74, 6) is 2.17. The van der Waals surface area contributed by atoms with Gasteiger partial charge in [0.05, 0.1) is 18.1 Å². The molecule has 0 aliphatic carbocycles. The molecule has 5 rings (SSSR count). The van der Waals surface area contributed by atoms with Gasteiger partial charge in [0, 0.05) is 50.6 Å². The van der Waals surface area contributed by atoms with Crippen molar-refractivity contribution in [3.8, 4) is 0 Å². The normalized spacial score (nSPS) is 22.5. The number of sulfonamides is 1. The number of carbonyl (C=O) groups excluding carboxylic acids is 1. The summed E-state index contributed by atoms with van der Waals surface area (Å²) >= 11 is 0. The number of morpholine rings is 1. The van der Waals surface area contributed by atoms with Crippen LogP contribution in [0.1, 0.15) is 47.2 Å². The van der Waals surface area contributed by atoms with Gasteiger partial charge in [-0.15, -0.1) is 10.2 Å². The van der Waals surface area contributed by atoms with Crippen molar-refractivity contribution in [3.63, 3.8) is 0 Å². The molecule has 0 saturated carbocycles. The number of hydrogen-bond acceptors (Lipinski definition) is 6. The summed E-state index contributed by atoms with van der Waals surface area (Å²) in [6, 6.07) is 6.30. The molecule has 0 bridgehead atoms. The molecule has 0 N–H and O–H groups in total. The Balaban J connectivity index is 1.29. The topological polar surface area (TPSA) is 97.6 Å². The van der Waals surface area contributed by atoms with Crippen LogP contribution in [0.15, 0.2) is 29.2 Å². The third-order valence-corrected chi connectivity index (χ3v) is 8.33. The van der Waals surface area contributed by atoms with Gasteiger partial charge in [-0.25, -0.2) is 8.42 Å². The summed E-state index contributed by atoms with van der Waals surface area (Å²) in [4.78, 5) is 15.2. The third kappa shape index (κ3) is 3.88. The maximum Gasteiger partial charge on any atom is 0.253 e. The van der Waals surface area contributed by atoms with Gasteiger partial charge in [-0.2, -0.15) is 4.31 Å². The number of likely N-dealkylation sites (tertiary alicyclic amines) is 1. The molecule has 166 valence electrons. The smallest absolute Gasteiger partial charge is 0.253 e. The van der Waals surface area contributed by atoms with Crippen LogP contribution < -0.4 is 0 Å². The first kappa shape index (κ1) is 20.6. The Morgan fingerprint density at radius 3 is 2.55 bits per heavy atom. The summed E-state index contributed by atoms with van der Waals surface area (Å²) in [5.41, 5.74) is 0.507. The lowest BCUT2D eigenvalue weighted by molar-refractivity contribution is 0.0703. The molecule has 0 spiro atoms. The van der Waals surface area contributed by atoms with Crippen LogP contribution in [-0.2, 0) is 27.7 Å². The van der Waals surface area contributed by atoms with E-state index in [0.717, 1.165) is 43.9 Å². The number of benzene rings is 1. The summed E-state index contributed by atoms with van der Waals surface area (Å²) in [6.45, 7) is 3.79. The maximum atomic E-state index is 13.1. The van der Waals surface area contributed by atoms with Crippen LogP contribution in [0.25, 0.3) is 0 Å². The SMILES string of the molecule is O=C(c1ccc(S(=O)(=O)N2CCOCC2)cc1)N1CCC[C@@H](c2nnc3n2CCC3)C1. The van der Waals surface area contributed by atoms with Crippen LogP contribution in [-0.4, -0.2) is 77.7 Å². The Bertz CT molecular complexity index is 1060. The van der Waals surface area contributed by atoms with Crippen LogP contribution in [0.2, 0.25) is 0 Å². The van der Waals surface area contributed by atoms with Gasteiger partial charge >= 0.3 is 0 Å². The number of ether oxygens (including phenoxy) is 1. The lowest BCUT2D eigenvalue weighted by Crippen LogP contribution is -2.40. The molecular formula is C21H27N5O4S. The van der Waals surface area contributed by atoms with Gasteiger partial charge in [0.1, 0.15) is 11.6 Å². The van der Waals surface area contributed by atoms with Crippen LogP contribution in [0, 0.1) is 0 Å². The Morgan fingerprint density at radius 1 is 1.00 bits per heavy atom. The number of fused-ring (bicyclic) bond motifs is 1. The molecule has 9 nitrogen and oxygen atoms in total. The Kier molecular flexibility index (Phi) is 5.53. The highest BCUT2D eigenvalue weighted by atomic mass is 32.2. The van der Waals surface area contributed by atoms with Gasteiger partial charge < -0.3 is 14.2 Å². The van der Waals surface area contributed by atoms with Crippen LogP contribution >= 0.6 is 0 Å². The number of aromatic nitrogens is 3. The molecule has 4 heterocycles. The molecule has 2 fully saturated rings. The first-order valence-corrected chi connectivity index (χ1v) is 12.4. The molecule has 10 heteroatoms. The number of rotatable bonds is 4. The monoisotopic (exact) mass is 445 g/mol. The van der Waals surface area contributed by atoms with Gasteiger partial charge in [-0.05, 0) is 43.5 Å². The van der Waals surface area contributed by atoms with Gasteiger partial charge in [0.25, 0.3) is 5.91 Å². The summed E-state index contributed by atoms with van der Waals surface area (Å²) in [7, 11) is -3.56. The van der Waals surface area contributed by atoms with Crippen molar-refractivity contribution in [1.82, 2.24) is 24.0 Å². The Morgan fingerprint density at radius 2 is 1.77 bits per heavy atom. The fourth-order valence-corrected chi connectivity index (χ4v) is 6.14. The van der Waals surface area contributed by atoms with Crippen molar-refractivity contribution in [2.75, 3.05) is 39.4 Å². The Labute approximate surface area is 182 Å². The molecule has 0 radical (unpaired) electrons. The lowest BCUT2D eigenvalue weighted by atomic mass is 9.96.